The average molecular weight is 422 g/mol. The number of benzene rings is 2. The van der Waals surface area contributed by atoms with E-state index < -0.39 is 0 Å². The molecule has 1 amide bonds. The predicted octanol–water partition coefficient (Wildman–Crippen LogP) is 4.54. The maximum Gasteiger partial charge on any atom is 0.266 e. The zero-order chi connectivity index (χ0) is 21.1. The minimum absolute atomic E-state index is 0.00169. The number of aryl methyl sites for hydroxylation is 1. The van der Waals surface area contributed by atoms with Gasteiger partial charge in [0.1, 0.15) is 0 Å². The van der Waals surface area contributed by atoms with Gasteiger partial charge in [-0.15, -0.1) is 0 Å². The minimum Gasteiger partial charge on any atom is -0.353 e. The molecule has 1 aliphatic carbocycles. The maximum absolute atomic E-state index is 13.4. The molecule has 0 radical (unpaired) electrons. The van der Waals surface area contributed by atoms with Gasteiger partial charge in [-0.3, -0.25) is 14.2 Å². The normalized spacial score (nSPS) is 14.7. The van der Waals surface area contributed by atoms with Crippen LogP contribution in [0.25, 0.3) is 16.6 Å². The Bertz CT molecular complexity index is 1130. The summed E-state index contributed by atoms with van der Waals surface area (Å²) in [6.07, 6.45) is 5.72. The molecule has 1 aromatic heterocycles. The average Bonchev–Trinajstić information content (AvgIpc) is 2.75. The Hall–Kier alpha value is -2.60. The van der Waals surface area contributed by atoms with Gasteiger partial charge in [0, 0.05) is 6.04 Å². The van der Waals surface area contributed by atoms with E-state index in [1.165, 1.54) is 31.0 Å². The highest BCUT2D eigenvalue weighted by molar-refractivity contribution is 7.99. The molecule has 2 aromatic carbocycles. The number of hydrogen-bond donors (Lipinski definition) is 1. The summed E-state index contributed by atoms with van der Waals surface area (Å²) in [5.41, 5.74) is 3.50. The number of hydrogen-bond acceptors (Lipinski definition) is 4. The third kappa shape index (κ3) is 4.29. The van der Waals surface area contributed by atoms with Crippen LogP contribution in [-0.4, -0.2) is 27.3 Å². The van der Waals surface area contributed by atoms with Crippen molar-refractivity contribution in [3.63, 3.8) is 0 Å². The fourth-order valence-corrected chi connectivity index (χ4v) is 4.86. The van der Waals surface area contributed by atoms with Gasteiger partial charge in [0.15, 0.2) is 5.16 Å². The second kappa shape index (κ2) is 9.04. The molecule has 0 unspecified atom stereocenters. The molecule has 1 heterocycles. The molecule has 0 aliphatic heterocycles. The second-order valence-corrected chi connectivity index (χ2v) is 8.90. The number of amides is 1. The van der Waals surface area contributed by atoms with Crippen LogP contribution in [0.2, 0.25) is 0 Å². The van der Waals surface area contributed by atoms with E-state index in [-0.39, 0.29) is 23.3 Å². The van der Waals surface area contributed by atoms with E-state index >= 15 is 0 Å². The van der Waals surface area contributed by atoms with Crippen LogP contribution in [0.3, 0.4) is 0 Å². The summed E-state index contributed by atoms with van der Waals surface area (Å²) in [6.45, 7) is 4.04. The SMILES string of the molecule is Cc1cccc(-n2c(SCC(=O)NC3CCCCC3)nc3ccccc3c2=O)c1C. The Balaban J connectivity index is 1.68. The number of nitrogens with one attached hydrogen (secondary N) is 1. The zero-order valence-electron chi connectivity index (χ0n) is 17.5. The fourth-order valence-electron chi connectivity index (χ4n) is 4.05. The summed E-state index contributed by atoms with van der Waals surface area (Å²) in [6, 6.07) is 13.6. The number of carbonyl (C=O) groups is 1. The first kappa shape index (κ1) is 20.7. The smallest absolute Gasteiger partial charge is 0.266 e. The van der Waals surface area contributed by atoms with Gasteiger partial charge >= 0.3 is 0 Å². The van der Waals surface area contributed by atoms with E-state index in [9.17, 15) is 9.59 Å². The summed E-state index contributed by atoms with van der Waals surface area (Å²) in [5, 5.41) is 4.27. The number of nitrogens with zero attached hydrogens (tertiary/aromatic N) is 2. The van der Waals surface area contributed by atoms with Gasteiger partial charge < -0.3 is 5.32 Å². The molecule has 1 fully saturated rings. The highest BCUT2D eigenvalue weighted by Crippen LogP contribution is 2.25. The molecule has 1 N–H and O–H groups in total. The van der Waals surface area contributed by atoms with Crippen molar-refractivity contribution in [2.45, 2.75) is 57.1 Å². The van der Waals surface area contributed by atoms with E-state index in [0.717, 1.165) is 29.7 Å². The summed E-state index contributed by atoms with van der Waals surface area (Å²) < 4.78 is 1.66. The Kier molecular flexibility index (Phi) is 6.23. The number of fused-ring (bicyclic) bond motifs is 1. The standard InChI is InChI=1S/C24H27N3O2S/c1-16-9-8-14-21(17(16)2)27-23(29)19-12-6-7-13-20(19)26-24(27)30-15-22(28)25-18-10-4-3-5-11-18/h6-9,12-14,18H,3-5,10-11,15H2,1-2H3,(H,25,28). The van der Waals surface area contributed by atoms with Crippen molar-refractivity contribution in [2.75, 3.05) is 5.75 Å². The summed E-state index contributed by atoms with van der Waals surface area (Å²) >= 11 is 1.32. The van der Waals surface area contributed by atoms with E-state index in [4.69, 9.17) is 4.98 Å². The van der Waals surface area contributed by atoms with Crippen LogP contribution >= 0.6 is 11.8 Å². The van der Waals surface area contributed by atoms with Gasteiger partial charge in [-0.05, 0) is 56.0 Å². The lowest BCUT2D eigenvalue weighted by molar-refractivity contribution is -0.119. The van der Waals surface area contributed by atoms with Crippen LogP contribution in [0.5, 0.6) is 0 Å². The first-order valence-corrected chi connectivity index (χ1v) is 11.5. The Morgan fingerprint density at radius 2 is 1.87 bits per heavy atom. The number of aromatic nitrogens is 2. The zero-order valence-corrected chi connectivity index (χ0v) is 18.3. The largest absolute Gasteiger partial charge is 0.353 e. The number of thioether (sulfide) groups is 1. The van der Waals surface area contributed by atoms with Crippen LogP contribution in [0, 0.1) is 13.8 Å². The molecular formula is C24H27N3O2S. The fraction of sp³-hybridized carbons (Fsp3) is 0.375. The van der Waals surface area contributed by atoms with Crippen molar-refractivity contribution < 1.29 is 4.79 Å². The molecule has 156 valence electrons. The highest BCUT2D eigenvalue weighted by Gasteiger charge is 2.19. The Morgan fingerprint density at radius 3 is 2.67 bits per heavy atom. The molecule has 1 saturated carbocycles. The van der Waals surface area contributed by atoms with Crippen molar-refractivity contribution in [2.24, 2.45) is 0 Å². The molecule has 6 heteroatoms. The van der Waals surface area contributed by atoms with Gasteiger partial charge in [-0.25, -0.2) is 4.98 Å². The molecule has 4 rings (SSSR count). The van der Waals surface area contributed by atoms with Crippen molar-refractivity contribution >= 4 is 28.6 Å². The monoisotopic (exact) mass is 421 g/mol. The lowest BCUT2D eigenvalue weighted by Crippen LogP contribution is -2.37. The van der Waals surface area contributed by atoms with Crippen LogP contribution in [0.4, 0.5) is 0 Å². The molecule has 0 saturated heterocycles. The molecular weight excluding hydrogens is 394 g/mol. The lowest BCUT2D eigenvalue weighted by atomic mass is 9.95. The van der Waals surface area contributed by atoms with Crippen molar-refractivity contribution in [1.29, 1.82) is 0 Å². The highest BCUT2D eigenvalue weighted by atomic mass is 32.2. The molecule has 30 heavy (non-hydrogen) atoms. The third-order valence-electron chi connectivity index (χ3n) is 5.86. The number of para-hydroxylation sites is 1. The van der Waals surface area contributed by atoms with E-state index in [1.54, 1.807) is 10.6 Å². The minimum atomic E-state index is -0.107. The van der Waals surface area contributed by atoms with Gasteiger partial charge in [-0.2, -0.15) is 0 Å². The van der Waals surface area contributed by atoms with Crippen molar-refractivity contribution in [1.82, 2.24) is 14.9 Å². The number of carbonyl (C=O) groups excluding carboxylic acids is 1. The first-order chi connectivity index (χ1) is 14.5. The van der Waals surface area contributed by atoms with Crippen molar-refractivity contribution in [3.05, 3.63) is 63.9 Å². The van der Waals surface area contributed by atoms with Gasteiger partial charge in [-0.1, -0.05) is 55.3 Å². The lowest BCUT2D eigenvalue weighted by Gasteiger charge is -2.22. The molecule has 1 aliphatic rings. The Labute approximate surface area is 180 Å². The molecule has 0 spiro atoms. The quantitative estimate of drug-likeness (QED) is 0.485. The number of rotatable bonds is 5. The van der Waals surface area contributed by atoms with E-state index in [0.29, 0.717) is 16.1 Å². The molecule has 5 nitrogen and oxygen atoms in total. The maximum atomic E-state index is 13.4. The Morgan fingerprint density at radius 1 is 1.10 bits per heavy atom. The van der Waals surface area contributed by atoms with Crippen LogP contribution < -0.4 is 10.9 Å². The van der Waals surface area contributed by atoms with Gasteiger partial charge in [0.05, 0.1) is 22.3 Å². The van der Waals surface area contributed by atoms with E-state index in [1.807, 2.05) is 50.2 Å². The summed E-state index contributed by atoms with van der Waals surface area (Å²) in [5.74, 6) is 0.244. The molecule has 3 aromatic rings. The predicted molar refractivity (Wildman–Crippen MR) is 123 cm³/mol. The van der Waals surface area contributed by atoms with Gasteiger partial charge in [0.25, 0.3) is 5.56 Å². The topological polar surface area (TPSA) is 64.0 Å². The third-order valence-corrected chi connectivity index (χ3v) is 6.80. The van der Waals surface area contributed by atoms with Crippen molar-refractivity contribution in [3.8, 4) is 5.69 Å². The van der Waals surface area contributed by atoms with Crippen LogP contribution in [0.15, 0.2) is 52.4 Å². The van der Waals surface area contributed by atoms with E-state index in [2.05, 4.69) is 5.32 Å². The first-order valence-electron chi connectivity index (χ1n) is 10.5. The van der Waals surface area contributed by atoms with Gasteiger partial charge in [0.2, 0.25) is 5.91 Å². The molecule has 0 atom stereocenters. The second-order valence-electron chi connectivity index (χ2n) is 7.96. The van der Waals surface area contributed by atoms with Crippen LogP contribution in [0.1, 0.15) is 43.2 Å². The summed E-state index contributed by atoms with van der Waals surface area (Å²) in [7, 11) is 0. The van der Waals surface area contributed by atoms with Crippen LogP contribution in [-0.2, 0) is 4.79 Å². The summed E-state index contributed by atoms with van der Waals surface area (Å²) in [4.78, 5) is 30.7. The molecule has 0 bridgehead atoms.